The van der Waals surface area contributed by atoms with Crippen LogP contribution in [0.5, 0.6) is 11.5 Å². The first kappa shape index (κ1) is 11.6. The van der Waals surface area contributed by atoms with Crippen LogP contribution in [0.15, 0.2) is 24.3 Å². The van der Waals surface area contributed by atoms with Crippen LogP contribution in [0.4, 0.5) is 0 Å². The minimum atomic E-state index is 0. The number of hydrogen-bond acceptors (Lipinski definition) is 2. The third-order valence-electron chi connectivity index (χ3n) is 0.850. The number of hydrogen-bond donors (Lipinski definition) is 2. The van der Waals surface area contributed by atoms with E-state index in [1.165, 1.54) is 24.3 Å². The van der Waals surface area contributed by atoms with Gasteiger partial charge in [0.1, 0.15) is 11.5 Å². The van der Waals surface area contributed by atoms with Crippen molar-refractivity contribution in [2.75, 3.05) is 0 Å². The molecule has 0 aliphatic heterocycles. The van der Waals surface area contributed by atoms with Gasteiger partial charge in [0.2, 0.25) is 0 Å². The Bertz CT molecular complexity index is 146. The average Bonchev–Trinajstić information content (AvgIpc) is 1.77. The standard InChI is InChI=1S/C6H6O2.2CH4/c7-5-1-2-6(8)4-3-5;;/h1-4,7-8H;2*1H4. The van der Waals surface area contributed by atoms with Crippen molar-refractivity contribution in [3.8, 4) is 11.5 Å². The SMILES string of the molecule is C.C.Oc1ccc(O)cc1. The fourth-order valence-electron chi connectivity index (χ4n) is 0.453. The third-order valence-corrected chi connectivity index (χ3v) is 0.850. The topological polar surface area (TPSA) is 40.5 Å². The van der Waals surface area contributed by atoms with Crippen molar-refractivity contribution in [2.45, 2.75) is 14.9 Å². The summed E-state index contributed by atoms with van der Waals surface area (Å²) in [6, 6.07) is 5.70. The van der Waals surface area contributed by atoms with Crippen LogP contribution >= 0.6 is 0 Å². The molecular formula is C8H14O2. The summed E-state index contributed by atoms with van der Waals surface area (Å²) in [5.74, 6) is 0.339. The number of phenols is 2. The fourth-order valence-corrected chi connectivity index (χ4v) is 0.453. The number of phenolic OH excluding ortho intramolecular Hbond substituents is 2. The van der Waals surface area contributed by atoms with E-state index < -0.39 is 0 Å². The number of rotatable bonds is 0. The fraction of sp³-hybridized carbons (Fsp3) is 0.250. The summed E-state index contributed by atoms with van der Waals surface area (Å²) >= 11 is 0. The van der Waals surface area contributed by atoms with Crippen molar-refractivity contribution in [3.05, 3.63) is 24.3 Å². The lowest BCUT2D eigenvalue weighted by Crippen LogP contribution is -1.61. The predicted octanol–water partition coefficient (Wildman–Crippen LogP) is 2.37. The van der Waals surface area contributed by atoms with Crippen LogP contribution in [0.1, 0.15) is 14.9 Å². The second kappa shape index (κ2) is 4.68. The van der Waals surface area contributed by atoms with Crippen molar-refractivity contribution in [3.63, 3.8) is 0 Å². The Morgan fingerprint density at radius 2 is 0.900 bits per heavy atom. The molecule has 1 aromatic rings. The van der Waals surface area contributed by atoms with Gasteiger partial charge in [-0.05, 0) is 24.3 Å². The molecule has 2 N–H and O–H groups in total. The van der Waals surface area contributed by atoms with Gasteiger partial charge in [0, 0.05) is 0 Å². The summed E-state index contributed by atoms with van der Waals surface area (Å²) in [6.45, 7) is 0. The first-order valence-corrected chi connectivity index (χ1v) is 2.27. The Morgan fingerprint density at radius 3 is 1.10 bits per heavy atom. The molecule has 0 fully saturated rings. The van der Waals surface area contributed by atoms with Gasteiger partial charge in [0.15, 0.2) is 0 Å². The summed E-state index contributed by atoms with van der Waals surface area (Å²) in [5.41, 5.74) is 0. The van der Waals surface area contributed by atoms with Gasteiger partial charge in [0.25, 0.3) is 0 Å². The van der Waals surface area contributed by atoms with Crippen molar-refractivity contribution in [2.24, 2.45) is 0 Å². The van der Waals surface area contributed by atoms with E-state index in [1.807, 2.05) is 0 Å². The van der Waals surface area contributed by atoms with Gasteiger partial charge in [-0.1, -0.05) is 14.9 Å². The van der Waals surface area contributed by atoms with Crippen molar-refractivity contribution < 1.29 is 10.2 Å². The highest BCUT2D eigenvalue weighted by molar-refractivity contribution is 5.28. The summed E-state index contributed by atoms with van der Waals surface area (Å²) in [5, 5.41) is 17.3. The summed E-state index contributed by atoms with van der Waals surface area (Å²) < 4.78 is 0. The molecule has 1 aromatic carbocycles. The molecular weight excluding hydrogens is 128 g/mol. The molecule has 0 saturated heterocycles. The highest BCUT2D eigenvalue weighted by atomic mass is 16.3. The van der Waals surface area contributed by atoms with Crippen LogP contribution in [-0.4, -0.2) is 10.2 Å². The maximum absolute atomic E-state index is 8.65. The molecule has 0 saturated carbocycles. The maximum atomic E-state index is 8.65. The minimum Gasteiger partial charge on any atom is -0.508 e. The average molecular weight is 142 g/mol. The van der Waals surface area contributed by atoms with Crippen LogP contribution in [-0.2, 0) is 0 Å². The van der Waals surface area contributed by atoms with Crippen LogP contribution < -0.4 is 0 Å². The minimum absolute atomic E-state index is 0. The second-order valence-electron chi connectivity index (χ2n) is 1.52. The zero-order valence-electron chi connectivity index (χ0n) is 4.20. The van der Waals surface area contributed by atoms with Gasteiger partial charge < -0.3 is 10.2 Å². The molecule has 0 aromatic heterocycles. The van der Waals surface area contributed by atoms with Gasteiger partial charge in [-0.3, -0.25) is 0 Å². The van der Waals surface area contributed by atoms with E-state index in [0.717, 1.165) is 0 Å². The highest BCUT2D eigenvalue weighted by Crippen LogP contribution is 2.13. The van der Waals surface area contributed by atoms with Gasteiger partial charge in [-0.2, -0.15) is 0 Å². The third kappa shape index (κ3) is 2.97. The van der Waals surface area contributed by atoms with Crippen LogP contribution in [0.3, 0.4) is 0 Å². The van der Waals surface area contributed by atoms with E-state index in [-0.39, 0.29) is 26.4 Å². The molecule has 2 heteroatoms. The quantitative estimate of drug-likeness (QED) is 0.546. The maximum Gasteiger partial charge on any atom is 0.115 e. The van der Waals surface area contributed by atoms with E-state index in [1.54, 1.807) is 0 Å². The monoisotopic (exact) mass is 142 g/mol. The molecule has 2 nitrogen and oxygen atoms in total. The van der Waals surface area contributed by atoms with Crippen LogP contribution in [0.25, 0.3) is 0 Å². The zero-order valence-corrected chi connectivity index (χ0v) is 4.20. The van der Waals surface area contributed by atoms with E-state index in [4.69, 9.17) is 10.2 Å². The molecule has 0 unspecified atom stereocenters. The molecule has 0 spiro atoms. The first-order valence-electron chi connectivity index (χ1n) is 2.27. The largest absolute Gasteiger partial charge is 0.508 e. The Kier molecular flexibility index (Phi) is 5.42. The molecule has 0 aliphatic carbocycles. The Labute approximate surface area is 61.8 Å². The normalized spacial score (nSPS) is 7.20. The Hall–Kier alpha value is -1.18. The zero-order chi connectivity index (χ0) is 5.98. The molecule has 0 radical (unpaired) electrons. The highest BCUT2D eigenvalue weighted by Gasteiger charge is 1.84. The number of benzene rings is 1. The second-order valence-corrected chi connectivity index (χ2v) is 1.52. The molecule has 0 atom stereocenters. The van der Waals surface area contributed by atoms with Gasteiger partial charge in [-0.15, -0.1) is 0 Å². The molecule has 1 rings (SSSR count). The lowest BCUT2D eigenvalue weighted by Gasteiger charge is -1.88. The molecule has 58 valence electrons. The van der Waals surface area contributed by atoms with Crippen LogP contribution in [0, 0.1) is 0 Å². The number of aromatic hydroxyl groups is 2. The molecule has 10 heavy (non-hydrogen) atoms. The molecule has 0 aliphatic rings. The molecule has 0 bridgehead atoms. The lowest BCUT2D eigenvalue weighted by atomic mass is 10.3. The first-order chi connectivity index (χ1) is 3.79. The Balaban J connectivity index is 0. The van der Waals surface area contributed by atoms with E-state index in [9.17, 15) is 0 Å². The summed E-state index contributed by atoms with van der Waals surface area (Å²) in [4.78, 5) is 0. The van der Waals surface area contributed by atoms with E-state index in [2.05, 4.69) is 0 Å². The van der Waals surface area contributed by atoms with E-state index >= 15 is 0 Å². The smallest absolute Gasteiger partial charge is 0.115 e. The lowest BCUT2D eigenvalue weighted by molar-refractivity contribution is 0.460. The van der Waals surface area contributed by atoms with Gasteiger partial charge in [0.05, 0.1) is 0 Å². The van der Waals surface area contributed by atoms with Crippen molar-refractivity contribution in [1.29, 1.82) is 0 Å². The van der Waals surface area contributed by atoms with Gasteiger partial charge in [-0.25, -0.2) is 0 Å². The Morgan fingerprint density at radius 1 is 0.700 bits per heavy atom. The van der Waals surface area contributed by atoms with Gasteiger partial charge >= 0.3 is 0 Å². The van der Waals surface area contributed by atoms with Crippen molar-refractivity contribution in [1.82, 2.24) is 0 Å². The predicted molar refractivity (Wildman–Crippen MR) is 43.2 cm³/mol. The van der Waals surface area contributed by atoms with E-state index in [0.29, 0.717) is 0 Å². The summed E-state index contributed by atoms with van der Waals surface area (Å²) in [7, 11) is 0. The van der Waals surface area contributed by atoms with Crippen LogP contribution in [0.2, 0.25) is 0 Å². The molecule has 0 heterocycles. The van der Waals surface area contributed by atoms with Crippen molar-refractivity contribution >= 4 is 0 Å². The summed E-state index contributed by atoms with van der Waals surface area (Å²) in [6.07, 6.45) is 0. The molecule has 0 amide bonds.